The van der Waals surface area contributed by atoms with Gasteiger partial charge in [-0.1, -0.05) is 33.1 Å². The Balaban J connectivity index is 1.61. The van der Waals surface area contributed by atoms with E-state index in [9.17, 15) is 4.79 Å². The Morgan fingerprint density at radius 2 is 2.09 bits per heavy atom. The molecule has 1 N–H and O–H groups in total. The summed E-state index contributed by atoms with van der Waals surface area (Å²) in [4.78, 5) is 19.4. The monoisotopic (exact) mass is 304 g/mol. The molecule has 122 valence electrons. The van der Waals surface area contributed by atoms with Crippen LogP contribution in [0, 0.1) is 5.92 Å². The molecule has 3 rings (SSSR count). The average molecular weight is 304 g/mol. The summed E-state index contributed by atoms with van der Waals surface area (Å²) in [7, 11) is 0. The first kappa shape index (κ1) is 15.5. The lowest BCUT2D eigenvalue weighted by molar-refractivity contribution is 0.0923. The van der Waals surface area contributed by atoms with Crippen LogP contribution in [-0.2, 0) is 13.1 Å². The maximum Gasteiger partial charge on any atom is 0.271 e. The van der Waals surface area contributed by atoms with E-state index in [1.807, 2.05) is 6.20 Å². The molecule has 2 heterocycles. The first-order valence-corrected chi connectivity index (χ1v) is 8.71. The van der Waals surface area contributed by atoms with Gasteiger partial charge in [0.2, 0.25) is 0 Å². The molecule has 1 aromatic heterocycles. The van der Waals surface area contributed by atoms with Crippen LogP contribution in [0.15, 0.2) is 6.20 Å². The summed E-state index contributed by atoms with van der Waals surface area (Å²) in [5.41, 5.74) is 0.590. The van der Waals surface area contributed by atoms with Gasteiger partial charge in [0.05, 0.1) is 6.54 Å². The van der Waals surface area contributed by atoms with E-state index in [2.05, 4.69) is 33.6 Å². The van der Waals surface area contributed by atoms with Gasteiger partial charge in [0.25, 0.3) is 5.91 Å². The van der Waals surface area contributed by atoms with Crippen molar-refractivity contribution in [2.75, 3.05) is 13.1 Å². The number of hydrogen-bond donors (Lipinski definition) is 1. The number of imidazole rings is 1. The lowest BCUT2D eigenvalue weighted by Gasteiger charge is -2.28. The summed E-state index contributed by atoms with van der Waals surface area (Å²) in [6, 6.07) is 0.345. The predicted octanol–water partition coefficient (Wildman–Crippen LogP) is 2.42. The number of amides is 1. The van der Waals surface area contributed by atoms with Crippen molar-refractivity contribution in [2.24, 2.45) is 5.92 Å². The highest BCUT2D eigenvalue weighted by Gasteiger charge is 2.23. The number of nitrogens with one attached hydrogen (secondary N) is 1. The Hall–Kier alpha value is -1.36. The molecule has 1 aliphatic heterocycles. The summed E-state index contributed by atoms with van der Waals surface area (Å²) in [5, 5.41) is 3.16. The normalized spacial score (nSPS) is 20.1. The smallest absolute Gasteiger partial charge is 0.271 e. The molecule has 1 saturated carbocycles. The van der Waals surface area contributed by atoms with Gasteiger partial charge >= 0.3 is 0 Å². The first-order chi connectivity index (χ1) is 10.6. The molecule has 1 aromatic rings. The molecule has 2 aliphatic rings. The van der Waals surface area contributed by atoms with Crippen molar-refractivity contribution in [3.63, 3.8) is 0 Å². The molecule has 0 radical (unpaired) electrons. The van der Waals surface area contributed by atoms with Crippen LogP contribution in [0.2, 0.25) is 0 Å². The fourth-order valence-electron chi connectivity index (χ4n) is 3.59. The van der Waals surface area contributed by atoms with Crippen LogP contribution < -0.4 is 5.32 Å². The summed E-state index contributed by atoms with van der Waals surface area (Å²) in [5.74, 6) is 1.69. The molecule has 1 aliphatic carbocycles. The largest absolute Gasteiger partial charge is 0.348 e. The van der Waals surface area contributed by atoms with Crippen molar-refractivity contribution < 1.29 is 4.79 Å². The van der Waals surface area contributed by atoms with Crippen molar-refractivity contribution in [2.45, 2.75) is 65.1 Å². The summed E-state index contributed by atoms with van der Waals surface area (Å²) in [6.07, 6.45) is 7.92. The highest BCUT2D eigenvalue weighted by molar-refractivity contribution is 5.92. The zero-order valence-corrected chi connectivity index (χ0v) is 13.8. The Bertz CT molecular complexity index is 517. The second-order valence-electron chi connectivity index (χ2n) is 7.17. The summed E-state index contributed by atoms with van der Waals surface area (Å²) < 4.78 is 2.15. The summed E-state index contributed by atoms with van der Waals surface area (Å²) in [6.45, 7) is 8.41. The molecule has 0 atom stereocenters. The van der Waals surface area contributed by atoms with Crippen LogP contribution in [0.3, 0.4) is 0 Å². The molecule has 0 saturated heterocycles. The molecular weight excluding hydrogens is 276 g/mol. The van der Waals surface area contributed by atoms with Gasteiger partial charge in [-0.15, -0.1) is 0 Å². The van der Waals surface area contributed by atoms with Gasteiger partial charge in [-0.2, -0.15) is 0 Å². The average Bonchev–Trinajstić information content (AvgIpc) is 2.91. The Kier molecular flexibility index (Phi) is 4.81. The minimum absolute atomic E-state index is 0.00390. The minimum Gasteiger partial charge on any atom is -0.348 e. The van der Waals surface area contributed by atoms with Crippen LogP contribution in [0.5, 0.6) is 0 Å². The number of carbonyl (C=O) groups excluding carboxylic acids is 1. The maximum atomic E-state index is 12.4. The molecular formula is C17H28N4O. The molecule has 1 fully saturated rings. The van der Waals surface area contributed by atoms with E-state index in [1.54, 1.807) is 0 Å². The number of rotatable bonds is 4. The number of aromatic nitrogens is 2. The van der Waals surface area contributed by atoms with Crippen molar-refractivity contribution >= 4 is 5.91 Å². The zero-order valence-electron chi connectivity index (χ0n) is 13.8. The molecule has 0 bridgehead atoms. The van der Waals surface area contributed by atoms with Crippen LogP contribution in [-0.4, -0.2) is 39.5 Å². The van der Waals surface area contributed by atoms with E-state index >= 15 is 0 Å². The fourth-order valence-corrected chi connectivity index (χ4v) is 3.59. The van der Waals surface area contributed by atoms with E-state index in [-0.39, 0.29) is 5.91 Å². The SMILES string of the molecule is CC(C)CN1CCn2cc(C(=O)NC3CCCCC3)nc2C1. The van der Waals surface area contributed by atoms with Gasteiger partial charge in [-0.05, 0) is 18.8 Å². The third-order valence-corrected chi connectivity index (χ3v) is 4.68. The van der Waals surface area contributed by atoms with Gasteiger partial charge in [0.15, 0.2) is 0 Å². The Labute approximate surface area is 133 Å². The number of nitrogens with zero attached hydrogens (tertiary/aromatic N) is 3. The highest BCUT2D eigenvalue weighted by atomic mass is 16.2. The molecule has 5 nitrogen and oxygen atoms in total. The van der Waals surface area contributed by atoms with Crippen molar-refractivity contribution in [1.82, 2.24) is 19.8 Å². The van der Waals surface area contributed by atoms with Crippen LogP contribution in [0.1, 0.15) is 62.3 Å². The highest BCUT2D eigenvalue weighted by Crippen LogP contribution is 2.18. The van der Waals surface area contributed by atoms with E-state index in [4.69, 9.17) is 0 Å². The molecule has 0 aromatic carbocycles. The van der Waals surface area contributed by atoms with Gasteiger partial charge in [0, 0.05) is 31.9 Å². The van der Waals surface area contributed by atoms with Gasteiger partial charge in [-0.25, -0.2) is 4.98 Å². The standard InChI is InChI=1S/C17H28N4O/c1-13(2)10-20-8-9-21-11-15(19-16(21)12-20)17(22)18-14-6-4-3-5-7-14/h11,13-14H,3-10,12H2,1-2H3,(H,18,22). The van der Waals surface area contributed by atoms with E-state index < -0.39 is 0 Å². The van der Waals surface area contributed by atoms with Crippen molar-refractivity contribution in [3.8, 4) is 0 Å². The number of hydrogen-bond acceptors (Lipinski definition) is 3. The Morgan fingerprint density at radius 3 is 2.82 bits per heavy atom. The second kappa shape index (κ2) is 6.82. The van der Waals surface area contributed by atoms with Crippen molar-refractivity contribution in [3.05, 3.63) is 17.7 Å². The zero-order chi connectivity index (χ0) is 15.5. The second-order valence-corrected chi connectivity index (χ2v) is 7.17. The third kappa shape index (κ3) is 3.69. The number of carbonyl (C=O) groups is 1. The summed E-state index contributed by atoms with van der Waals surface area (Å²) >= 11 is 0. The van der Waals surface area contributed by atoms with Crippen LogP contribution in [0.4, 0.5) is 0 Å². The third-order valence-electron chi connectivity index (χ3n) is 4.68. The molecule has 0 spiro atoms. The van der Waals surface area contributed by atoms with E-state index in [1.165, 1.54) is 19.3 Å². The van der Waals surface area contributed by atoms with Gasteiger partial charge < -0.3 is 9.88 Å². The lowest BCUT2D eigenvalue weighted by Crippen LogP contribution is -2.36. The number of fused-ring (bicyclic) bond motifs is 1. The van der Waals surface area contributed by atoms with E-state index in [0.717, 1.165) is 44.8 Å². The fraction of sp³-hybridized carbons (Fsp3) is 0.765. The quantitative estimate of drug-likeness (QED) is 0.929. The van der Waals surface area contributed by atoms with Gasteiger partial charge in [0.1, 0.15) is 11.5 Å². The lowest BCUT2D eigenvalue weighted by atomic mass is 9.95. The topological polar surface area (TPSA) is 50.2 Å². The van der Waals surface area contributed by atoms with E-state index in [0.29, 0.717) is 17.7 Å². The predicted molar refractivity (Wildman–Crippen MR) is 86.7 cm³/mol. The molecule has 1 amide bonds. The van der Waals surface area contributed by atoms with Crippen molar-refractivity contribution in [1.29, 1.82) is 0 Å². The van der Waals surface area contributed by atoms with Crippen LogP contribution >= 0.6 is 0 Å². The van der Waals surface area contributed by atoms with Gasteiger partial charge in [-0.3, -0.25) is 9.69 Å². The minimum atomic E-state index is 0.00390. The molecule has 5 heteroatoms. The first-order valence-electron chi connectivity index (χ1n) is 8.71. The molecule has 22 heavy (non-hydrogen) atoms. The Morgan fingerprint density at radius 1 is 1.32 bits per heavy atom. The molecule has 0 unspecified atom stereocenters. The maximum absolute atomic E-state index is 12.4. The van der Waals surface area contributed by atoms with Crippen LogP contribution in [0.25, 0.3) is 0 Å².